The summed E-state index contributed by atoms with van der Waals surface area (Å²) >= 11 is 6.91. The number of fused-ring (bicyclic) bond motifs is 2. The van der Waals surface area contributed by atoms with Crippen LogP contribution < -0.4 is 10.2 Å². The maximum atomic E-state index is 12.7. The molecular formula is C28H20Br2N2O3. The fraction of sp³-hybridized carbons (Fsp3) is 0.0714. The van der Waals surface area contributed by atoms with Crippen molar-refractivity contribution in [2.45, 2.75) is 13.5 Å². The first-order valence-corrected chi connectivity index (χ1v) is 12.5. The second kappa shape index (κ2) is 10.1. The molecule has 0 aliphatic carbocycles. The van der Waals surface area contributed by atoms with E-state index in [0.29, 0.717) is 17.9 Å². The van der Waals surface area contributed by atoms with Crippen LogP contribution >= 0.6 is 31.9 Å². The molecule has 4 aromatic carbocycles. The van der Waals surface area contributed by atoms with Gasteiger partial charge in [0, 0.05) is 15.4 Å². The van der Waals surface area contributed by atoms with E-state index in [1.54, 1.807) is 12.3 Å². The number of nitrogens with zero attached hydrogens (tertiary/aromatic N) is 1. The average Bonchev–Trinajstić information content (AvgIpc) is 3.29. The minimum atomic E-state index is -0.442. The maximum Gasteiger partial charge on any atom is 0.307 e. The Hall–Kier alpha value is -3.42. The van der Waals surface area contributed by atoms with Gasteiger partial charge in [-0.2, -0.15) is 5.10 Å². The number of hydrogen-bond acceptors (Lipinski definition) is 4. The molecule has 1 N–H and O–H groups in total. The molecule has 1 amide bonds. The Morgan fingerprint density at radius 1 is 1.00 bits per heavy atom. The largest absolute Gasteiger partial charge is 0.488 e. The summed E-state index contributed by atoms with van der Waals surface area (Å²) in [7, 11) is 0. The highest BCUT2D eigenvalue weighted by Crippen LogP contribution is 2.31. The third kappa shape index (κ3) is 5.16. The lowest BCUT2D eigenvalue weighted by Crippen LogP contribution is -2.16. The molecule has 0 atom stereocenters. The molecule has 0 spiro atoms. The number of carbonyl (C=O) groups excluding carboxylic acids is 1. The van der Waals surface area contributed by atoms with Gasteiger partial charge in [-0.05, 0) is 63.5 Å². The van der Waals surface area contributed by atoms with E-state index in [-0.39, 0.29) is 5.76 Å². The van der Waals surface area contributed by atoms with Crippen LogP contribution in [-0.2, 0) is 6.61 Å². The zero-order valence-corrected chi connectivity index (χ0v) is 21.9. The van der Waals surface area contributed by atoms with Crippen LogP contribution in [0.3, 0.4) is 0 Å². The SMILES string of the molecule is Cc1ccc(COc2ccc3ccccc3c2/C=N\NC(=O)c2cc3cc(Br)cc(Br)c3o2)cc1. The molecule has 0 aliphatic heterocycles. The molecule has 0 aliphatic rings. The van der Waals surface area contributed by atoms with E-state index in [9.17, 15) is 4.79 Å². The summed E-state index contributed by atoms with van der Waals surface area (Å²) in [6, 6.07) is 25.6. The van der Waals surface area contributed by atoms with E-state index >= 15 is 0 Å². The van der Waals surface area contributed by atoms with Crippen molar-refractivity contribution in [3.63, 3.8) is 0 Å². The third-order valence-electron chi connectivity index (χ3n) is 5.56. The number of hydrogen-bond donors (Lipinski definition) is 1. The van der Waals surface area contributed by atoms with E-state index in [1.165, 1.54) is 5.56 Å². The van der Waals surface area contributed by atoms with E-state index in [4.69, 9.17) is 9.15 Å². The highest BCUT2D eigenvalue weighted by atomic mass is 79.9. The van der Waals surface area contributed by atoms with Gasteiger partial charge in [-0.25, -0.2) is 5.43 Å². The summed E-state index contributed by atoms with van der Waals surface area (Å²) in [5, 5.41) is 7.05. The molecule has 1 aromatic heterocycles. The lowest BCUT2D eigenvalue weighted by molar-refractivity contribution is 0.0929. The Labute approximate surface area is 219 Å². The Balaban J connectivity index is 1.39. The normalized spacial score (nSPS) is 11.4. The van der Waals surface area contributed by atoms with Crippen molar-refractivity contribution in [1.29, 1.82) is 0 Å². The van der Waals surface area contributed by atoms with Crippen LogP contribution in [0.1, 0.15) is 27.2 Å². The minimum Gasteiger partial charge on any atom is -0.488 e. The predicted molar refractivity (Wildman–Crippen MR) is 146 cm³/mol. The lowest BCUT2D eigenvalue weighted by Gasteiger charge is -2.12. The average molecular weight is 592 g/mol. The van der Waals surface area contributed by atoms with Crippen molar-refractivity contribution in [1.82, 2.24) is 5.43 Å². The summed E-state index contributed by atoms with van der Waals surface area (Å²) in [4.78, 5) is 12.7. The Morgan fingerprint density at radius 2 is 1.80 bits per heavy atom. The summed E-state index contributed by atoms with van der Waals surface area (Å²) in [5.74, 6) is 0.410. The molecule has 0 unspecified atom stereocenters. The number of aryl methyl sites for hydroxylation is 1. The van der Waals surface area contributed by atoms with Crippen LogP contribution in [0.2, 0.25) is 0 Å². The molecule has 0 saturated carbocycles. The van der Waals surface area contributed by atoms with Crippen molar-refractivity contribution < 1.29 is 13.9 Å². The first kappa shape index (κ1) is 23.3. The fourth-order valence-electron chi connectivity index (χ4n) is 3.78. The van der Waals surface area contributed by atoms with Crippen LogP contribution in [0, 0.1) is 6.92 Å². The van der Waals surface area contributed by atoms with Gasteiger partial charge in [0.1, 0.15) is 17.9 Å². The van der Waals surface area contributed by atoms with Gasteiger partial charge >= 0.3 is 5.91 Å². The second-order valence-electron chi connectivity index (χ2n) is 8.09. The quantitative estimate of drug-likeness (QED) is 0.162. The van der Waals surface area contributed by atoms with E-state index < -0.39 is 5.91 Å². The van der Waals surface area contributed by atoms with Crippen molar-refractivity contribution >= 4 is 65.7 Å². The van der Waals surface area contributed by atoms with E-state index in [2.05, 4.69) is 73.6 Å². The molecular weight excluding hydrogens is 572 g/mol. The number of benzene rings is 4. The summed E-state index contributed by atoms with van der Waals surface area (Å²) in [6.45, 7) is 2.48. The van der Waals surface area contributed by atoms with Gasteiger partial charge in [0.15, 0.2) is 5.76 Å². The van der Waals surface area contributed by atoms with Crippen molar-refractivity contribution in [2.75, 3.05) is 0 Å². The van der Waals surface area contributed by atoms with Gasteiger partial charge in [-0.3, -0.25) is 4.79 Å². The molecule has 7 heteroatoms. The topological polar surface area (TPSA) is 63.8 Å². The van der Waals surface area contributed by atoms with Gasteiger partial charge in [0.2, 0.25) is 0 Å². The van der Waals surface area contributed by atoms with Crippen LogP contribution in [0.4, 0.5) is 0 Å². The summed E-state index contributed by atoms with van der Waals surface area (Å²) in [6.07, 6.45) is 1.61. The molecule has 5 rings (SSSR count). The van der Waals surface area contributed by atoms with Crippen LogP contribution in [0.15, 0.2) is 97.3 Å². The van der Waals surface area contributed by atoms with Crippen molar-refractivity contribution in [3.8, 4) is 5.75 Å². The molecule has 35 heavy (non-hydrogen) atoms. The first-order valence-electron chi connectivity index (χ1n) is 10.9. The van der Waals surface area contributed by atoms with Gasteiger partial charge in [-0.15, -0.1) is 0 Å². The number of rotatable bonds is 6. The third-order valence-corrected chi connectivity index (χ3v) is 6.61. The number of halogens is 2. The first-order chi connectivity index (χ1) is 17.0. The molecule has 5 nitrogen and oxygen atoms in total. The molecule has 0 fully saturated rings. The Morgan fingerprint density at radius 3 is 2.63 bits per heavy atom. The van der Waals surface area contributed by atoms with Crippen molar-refractivity contribution in [2.24, 2.45) is 5.10 Å². The predicted octanol–water partition coefficient (Wildman–Crippen LogP) is 7.76. The monoisotopic (exact) mass is 590 g/mol. The number of ether oxygens (including phenoxy) is 1. The van der Waals surface area contributed by atoms with Gasteiger partial charge < -0.3 is 9.15 Å². The van der Waals surface area contributed by atoms with Crippen LogP contribution in [0.5, 0.6) is 5.75 Å². The standard InChI is InChI=1S/C28H20Br2N2O3/c1-17-6-8-18(9-7-17)16-34-25-11-10-19-4-2-3-5-22(19)23(25)15-31-32-28(33)26-13-20-12-21(29)14-24(30)27(20)35-26/h2-15H,16H2,1H3,(H,32,33)/b31-15-. The number of carbonyl (C=O) groups is 1. The highest BCUT2D eigenvalue weighted by Gasteiger charge is 2.14. The number of nitrogens with one attached hydrogen (secondary N) is 1. The Kier molecular flexibility index (Phi) is 6.70. The van der Waals surface area contributed by atoms with E-state index in [0.717, 1.165) is 36.2 Å². The zero-order chi connectivity index (χ0) is 24.4. The number of amides is 1. The van der Waals surface area contributed by atoms with Crippen molar-refractivity contribution in [3.05, 3.63) is 110 Å². The molecule has 5 aromatic rings. The molecule has 0 radical (unpaired) electrons. The van der Waals surface area contributed by atoms with E-state index in [1.807, 2.05) is 48.5 Å². The number of hydrazone groups is 1. The van der Waals surface area contributed by atoms with Gasteiger partial charge in [0.25, 0.3) is 0 Å². The second-order valence-corrected chi connectivity index (χ2v) is 9.86. The molecule has 0 bridgehead atoms. The van der Waals surface area contributed by atoms with Gasteiger partial charge in [0.05, 0.1) is 10.7 Å². The maximum absolute atomic E-state index is 12.7. The Bertz CT molecular complexity index is 1570. The zero-order valence-electron chi connectivity index (χ0n) is 18.7. The summed E-state index contributed by atoms with van der Waals surface area (Å²) in [5.41, 5.74) is 6.23. The molecule has 0 saturated heterocycles. The molecule has 1 heterocycles. The lowest BCUT2D eigenvalue weighted by atomic mass is 10.0. The van der Waals surface area contributed by atoms with Crippen LogP contribution in [0.25, 0.3) is 21.7 Å². The fourth-order valence-corrected chi connectivity index (χ4v) is 5.12. The number of furan rings is 1. The smallest absolute Gasteiger partial charge is 0.307 e. The highest BCUT2D eigenvalue weighted by molar-refractivity contribution is 9.11. The molecule has 174 valence electrons. The van der Waals surface area contributed by atoms with Crippen LogP contribution in [-0.4, -0.2) is 12.1 Å². The minimum absolute atomic E-state index is 0.171. The van der Waals surface area contributed by atoms with Gasteiger partial charge in [-0.1, -0.05) is 76.1 Å². The summed E-state index contributed by atoms with van der Waals surface area (Å²) < 4.78 is 13.5.